The molecule has 0 N–H and O–H groups in total. The van der Waals surface area contributed by atoms with E-state index in [0.717, 1.165) is 0 Å². The first-order valence-electron chi connectivity index (χ1n) is 7.19. The molecule has 182 valence electrons. The van der Waals surface area contributed by atoms with E-state index in [-0.39, 0.29) is 6.92 Å². The van der Waals surface area contributed by atoms with Gasteiger partial charge in [-0.05, 0) is 6.92 Å². The van der Waals surface area contributed by atoms with Crippen LogP contribution in [0.1, 0.15) is 6.92 Å². The van der Waals surface area contributed by atoms with Crippen LogP contribution in [0.2, 0.25) is 0 Å². The van der Waals surface area contributed by atoms with Crippen LogP contribution in [0.4, 0.5) is 13.2 Å². The van der Waals surface area contributed by atoms with E-state index in [1.54, 1.807) is 0 Å². The summed E-state index contributed by atoms with van der Waals surface area (Å²) in [6.07, 6.45) is -2.97. The largest absolute Gasteiger partial charge is 0.640 e. The molecule has 0 radical (unpaired) electrons. The molecule has 0 rings (SSSR count). The molecular formula is C8H9F3N6O15. The minimum atomic E-state index is -4.75. The molecule has 0 bridgehead atoms. The highest BCUT2D eigenvalue weighted by atomic mass is 19.2. The van der Waals surface area contributed by atoms with Crippen LogP contribution in [0.3, 0.4) is 0 Å². The molecule has 1 atom stereocenters. The maximum absolute atomic E-state index is 14.0. The third-order valence-electron chi connectivity index (χ3n) is 3.27. The van der Waals surface area contributed by atoms with E-state index in [4.69, 9.17) is 0 Å². The van der Waals surface area contributed by atoms with Gasteiger partial charge in [0, 0.05) is 0 Å². The maximum atomic E-state index is 14.0. The van der Waals surface area contributed by atoms with Crippen LogP contribution >= 0.6 is 0 Å². The van der Waals surface area contributed by atoms with Gasteiger partial charge in [0.1, 0.15) is 29.5 Å². The molecule has 0 heterocycles. The Kier molecular flexibility index (Phi) is 8.70. The van der Waals surface area contributed by atoms with Crippen molar-refractivity contribution in [1.82, 2.24) is 0 Å². The number of rotatable bonds is 15. The number of halogens is 3. The number of alkyl halides is 3. The summed E-state index contributed by atoms with van der Waals surface area (Å²) < 4.78 is 53.6. The standard InChI is InChI=1S/C8H9F3N6O15/c1-4(8(11,16(26)27)17(28)29)32-5(30-2-6(9,12(18)19)13(20)21)31-3-7(10,14(22)23)15(24)25/h4-5H,2-3H2,1H3. The Morgan fingerprint density at radius 3 is 1.16 bits per heavy atom. The second-order valence-electron chi connectivity index (χ2n) is 5.31. The molecule has 0 fully saturated rings. The first-order valence-corrected chi connectivity index (χ1v) is 7.19. The van der Waals surface area contributed by atoms with Gasteiger partial charge in [-0.1, -0.05) is 13.2 Å². The van der Waals surface area contributed by atoms with Gasteiger partial charge in [-0.25, -0.2) is 0 Å². The molecule has 21 nitrogen and oxygen atoms in total. The Morgan fingerprint density at radius 2 is 0.938 bits per heavy atom. The number of nitrogens with zero attached hydrogens (tertiary/aromatic N) is 6. The summed E-state index contributed by atoms with van der Waals surface area (Å²) >= 11 is 0. The second-order valence-corrected chi connectivity index (χ2v) is 5.31. The monoisotopic (exact) mass is 486 g/mol. The minimum Gasteiger partial charge on any atom is -0.310 e. The van der Waals surface area contributed by atoms with Crippen LogP contribution in [-0.2, 0) is 14.2 Å². The molecule has 0 aromatic carbocycles. The minimum absolute atomic E-state index is 0.207. The summed E-state index contributed by atoms with van der Waals surface area (Å²) in [4.78, 5) is 50.0. The Bertz CT molecular complexity index is 726. The van der Waals surface area contributed by atoms with E-state index < -0.39 is 73.1 Å². The van der Waals surface area contributed by atoms with E-state index in [2.05, 4.69) is 14.2 Å². The summed E-state index contributed by atoms with van der Waals surface area (Å²) in [5.41, 5.74) is 0. The van der Waals surface area contributed by atoms with E-state index >= 15 is 0 Å². The van der Waals surface area contributed by atoms with E-state index in [9.17, 15) is 73.9 Å². The SMILES string of the molecule is CC(OC(OCC(F)([N+](=O)[O-])[N+](=O)[O-])OCC(F)([N+](=O)[O-])[N+](=O)[O-])C(F)([N+](=O)[O-])[N+](=O)[O-]. The molecular weight excluding hydrogens is 477 g/mol. The molecule has 0 saturated carbocycles. The van der Waals surface area contributed by atoms with Crippen molar-refractivity contribution in [3.05, 3.63) is 60.7 Å². The molecule has 0 aliphatic carbocycles. The van der Waals surface area contributed by atoms with Gasteiger partial charge < -0.3 is 14.2 Å². The normalized spacial score (nSPS) is 13.4. The number of ether oxygens (including phenoxy) is 3. The first kappa shape index (κ1) is 28.1. The van der Waals surface area contributed by atoms with Crippen molar-refractivity contribution < 1.29 is 56.9 Å². The zero-order chi connectivity index (χ0) is 25.7. The van der Waals surface area contributed by atoms with Gasteiger partial charge in [-0.15, -0.1) is 0 Å². The Hall–Kier alpha value is -3.93. The van der Waals surface area contributed by atoms with Crippen LogP contribution in [0, 0.1) is 60.7 Å². The van der Waals surface area contributed by atoms with Crippen molar-refractivity contribution in [1.29, 1.82) is 0 Å². The topological polar surface area (TPSA) is 287 Å². The molecule has 1 unspecified atom stereocenters. The predicted molar refractivity (Wildman–Crippen MR) is 79.7 cm³/mol. The van der Waals surface area contributed by atoms with Crippen LogP contribution in [0.25, 0.3) is 0 Å². The number of hydrogen-bond acceptors (Lipinski definition) is 15. The smallest absolute Gasteiger partial charge is 0.310 e. The van der Waals surface area contributed by atoms with Crippen LogP contribution in [0.15, 0.2) is 0 Å². The predicted octanol–water partition coefficient (Wildman–Crippen LogP) is -0.762. The quantitative estimate of drug-likeness (QED) is 0.119. The Morgan fingerprint density at radius 1 is 0.656 bits per heavy atom. The fourth-order valence-corrected chi connectivity index (χ4v) is 1.44. The summed E-state index contributed by atoms with van der Waals surface area (Å²) in [6, 6.07) is 0. The highest BCUT2D eigenvalue weighted by molar-refractivity contribution is 4.63. The van der Waals surface area contributed by atoms with Crippen molar-refractivity contribution in [2.24, 2.45) is 0 Å². The van der Waals surface area contributed by atoms with E-state index in [1.165, 1.54) is 0 Å². The molecule has 0 aromatic heterocycles. The highest BCUT2D eigenvalue weighted by Gasteiger charge is 2.66. The maximum Gasteiger partial charge on any atom is 0.640 e. The van der Waals surface area contributed by atoms with Crippen molar-refractivity contribution >= 4 is 0 Å². The van der Waals surface area contributed by atoms with Gasteiger partial charge in [0.2, 0.25) is 19.3 Å². The van der Waals surface area contributed by atoms with Crippen molar-refractivity contribution in [2.75, 3.05) is 13.2 Å². The summed E-state index contributed by atoms with van der Waals surface area (Å²) in [6.45, 7) is -7.73. The molecule has 24 heteroatoms. The lowest BCUT2D eigenvalue weighted by Gasteiger charge is -2.23. The molecule has 0 aliphatic heterocycles. The fraction of sp³-hybridized carbons (Fsp3) is 1.00. The van der Waals surface area contributed by atoms with Crippen molar-refractivity contribution in [3.63, 3.8) is 0 Å². The molecule has 0 aliphatic rings. The van der Waals surface area contributed by atoms with Crippen LogP contribution in [-0.4, -0.2) is 73.1 Å². The lowest BCUT2D eigenvalue weighted by molar-refractivity contribution is -0.844. The van der Waals surface area contributed by atoms with Gasteiger partial charge in [-0.3, -0.25) is 60.7 Å². The third kappa shape index (κ3) is 5.60. The Balaban J connectivity index is 5.93. The number of nitro groups is 6. The third-order valence-corrected chi connectivity index (χ3v) is 3.27. The van der Waals surface area contributed by atoms with E-state index in [0.29, 0.717) is 0 Å². The molecule has 32 heavy (non-hydrogen) atoms. The molecule has 0 aromatic rings. The van der Waals surface area contributed by atoms with Crippen LogP contribution < -0.4 is 0 Å². The van der Waals surface area contributed by atoms with Crippen molar-refractivity contribution in [2.45, 2.75) is 37.3 Å². The van der Waals surface area contributed by atoms with E-state index in [1.807, 2.05) is 0 Å². The molecule has 0 spiro atoms. The highest BCUT2D eigenvalue weighted by Crippen LogP contribution is 2.25. The zero-order valence-electron chi connectivity index (χ0n) is 15.0. The van der Waals surface area contributed by atoms with Gasteiger partial charge in [0.25, 0.3) is 6.48 Å². The Labute approximate surface area is 169 Å². The molecule has 0 amide bonds. The fourth-order valence-electron chi connectivity index (χ4n) is 1.44. The second kappa shape index (κ2) is 9.92. The summed E-state index contributed by atoms with van der Waals surface area (Å²) in [7, 11) is 0. The summed E-state index contributed by atoms with van der Waals surface area (Å²) in [5.74, 6) is -14.2. The average molecular weight is 486 g/mol. The lowest BCUT2D eigenvalue weighted by Crippen LogP contribution is -2.54. The summed E-state index contributed by atoms with van der Waals surface area (Å²) in [5, 5.41) is 63.2. The van der Waals surface area contributed by atoms with Gasteiger partial charge in [0.05, 0.1) is 0 Å². The van der Waals surface area contributed by atoms with Gasteiger partial charge >= 0.3 is 17.7 Å². The average Bonchev–Trinajstić information content (AvgIpc) is 2.67. The number of hydrogen-bond donors (Lipinski definition) is 0. The lowest BCUT2D eigenvalue weighted by atomic mass is 10.3. The van der Waals surface area contributed by atoms with Gasteiger partial charge in [-0.2, -0.15) is 0 Å². The molecule has 0 saturated heterocycles. The van der Waals surface area contributed by atoms with Crippen LogP contribution in [0.5, 0.6) is 0 Å². The van der Waals surface area contributed by atoms with Gasteiger partial charge in [0.15, 0.2) is 0 Å². The first-order chi connectivity index (χ1) is 14.4. The van der Waals surface area contributed by atoms with Crippen molar-refractivity contribution in [3.8, 4) is 0 Å². The zero-order valence-corrected chi connectivity index (χ0v) is 15.0.